The van der Waals surface area contributed by atoms with Crippen molar-refractivity contribution in [2.24, 2.45) is 17.4 Å². The molecule has 0 aromatic heterocycles. The highest BCUT2D eigenvalue weighted by Gasteiger charge is 2.37. The van der Waals surface area contributed by atoms with Crippen LogP contribution in [0.15, 0.2) is 23.9 Å². The third kappa shape index (κ3) is 1.57. The van der Waals surface area contributed by atoms with E-state index in [0.717, 1.165) is 0 Å². The van der Waals surface area contributed by atoms with Crippen molar-refractivity contribution in [1.29, 1.82) is 5.26 Å². The fourth-order valence-electron chi connectivity index (χ4n) is 1.42. The highest BCUT2D eigenvalue weighted by molar-refractivity contribution is 5.34. The number of nitrogens with zero attached hydrogens (tertiary/aromatic N) is 1. The van der Waals surface area contributed by atoms with Crippen molar-refractivity contribution in [3.63, 3.8) is 0 Å². The molecule has 2 unspecified atom stereocenters. The number of nitriles is 1. The molecule has 0 aromatic rings. The van der Waals surface area contributed by atoms with Gasteiger partial charge in [0, 0.05) is 12.3 Å². The molecule has 2 atom stereocenters. The van der Waals surface area contributed by atoms with Crippen molar-refractivity contribution in [3.05, 3.63) is 23.9 Å². The van der Waals surface area contributed by atoms with Gasteiger partial charge in [-0.25, -0.2) is 0 Å². The molecule has 1 aliphatic rings. The number of rotatable bonds is 2. The van der Waals surface area contributed by atoms with Gasteiger partial charge in [0.1, 0.15) is 0 Å². The molecular formula is C9H13N3O. The van der Waals surface area contributed by atoms with Gasteiger partial charge >= 0.3 is 0 Å². The Balaban J connectivity index is 2.97. The van der Waals surface area contributed by atoms with Crippen LogP contribution in [0, 0.1) is 17.2 Å². The summed E-state index contributed by atoms with van der Waals surface area (Å²) in [6.45, 7) is -0.0724. The number of allylic oxidation sites excluding steroid dienone is 2. The fraction of sp³-hybridized carbons (Fsp3) is 0.444. The standard InChI is InChI=1S/C9H13N3O/c10-6-7-2-1-3-8(11)9(7,12)4-5-13/h1-3,7,13H,4-5,11-12H2. The first-order valence-corrected chi connectivity index (χ1v) is 4.09. The lowest BCUT2D eigenvalue weighted by Gasteiger charge is -2.34. The summed E-state index contributed by atoms with van der Waals surface area (Å²) in [5, 5.41) is 17.6. The molecule has 70 valence electrons. The van der Waals surface area contributed by atoms with Crippen LogP contribution in [0.25, 0.3) is 0 Å². The van der Waals surface area contributed by atoms with E-state index in [1.807, 2.05) is 0 Å². The third-order valence-electron chi connectivity index (χ3n) is 2.34. The van der Waals surface area contributed by atoms with Crippen molar-refractivity contribution in [3.8, 4) is 6.07 Å². The molecule has 0 spiro atoms. The van der Waals surface area contributed by atoms with Crippen LogP contribution < -0.4 is 11.5 Å². The first-order chi connectivity index (χ1) is 6.15. The van der Waals surface area contributed by atoms with Crippen LogP contribution in [0.5, 0.6) is 0 Å². The van der Waals surface area contributed by atoms with E-state index in [9.17, 15) is 0 Å². The third-order valence-corrected chi connectivity index (χ3v) is 2.34. The summed E-state index contributed by atoms with van der Waals surface area (Å²) in [6.07, 6.45) is 5.39. The average molecular weight is 179 g/mol. The molecule has 0 bridgehead atoms. The van der Waals surface area contributed by atoms with Gasteiger partial charge in [-0.15, -0.1) is 0 Å². The van der Waals surface area contributed by atoms with Gasteiger partial charge in [-0.3, -0.25) is 0 Å². The maximum Gasteiger partial charge on any atom is 0.0883 e. The van der Waals surface area contributed by atoms with Crippen LogP contribution in [0.4, 0.5) is 0 Å². The van der Waals surface area contributed by atoms with Crippen molar-refractivity contribution in [1.82, 2.24) is 0 Å². The molecule has 0 aromatic carbocycles. The molecule has 0 heterocycles. The monoisotopic (exact) mass is 179 g/mol. The second-order valence-electron chi connectivity index (χ2n) is 3.13. The van der Waals surface area contributed by atoms with Crippen molar-refractivity contribution in [2.75, 3.05) is 6.61 Å². The van der Waals surface area contributed by atoms with Crippen LogP contribution >= 0.6 is 0 Å². The minimum Gasteiger partial charge on any atom is -0.400 e. The Kier molecular flexibility index (Phi) is 2.71. The molecule has 0 saturated heterocycles. The van der Waals surface area contributed by atoms with Crippen LogP contribution in [0.1, 0.15) is 6.42 Å². The van der Waals surface area contributed by atoms with E-state index in [2.05, 4.69) is 6.07 Å². The number of aliphatic hydroxyl groups excluding tert-OH is 1. The van der Waals surface area contributed by atoms with Gasteiger partial charge in [-0.05, 0) is 12.5 Å². The van der Waals surface area contributed by atoms with Gasteiger partial charge in [-0.2, -0.15) is 5.26 Å². The van der Waals surface area contributed by atoms with E-state index < -0.39 is 11.5 Å². The molecule has 1 aliphatic carbocycles. The number of aliphatic hydroxyl groups is 1. The second kappa shape index (κ2) is 3.60. The first-order valence-electron chi connectivity index (χ1n) is 4.09. The second-order valence-corrected chi connectivity index (χ2v) is 3.13. The molecule has 4 nitrogen and oxygen atoms in total. The Morgan fingerprint density at radius 1 is 1.69 bits per heavy atom. The maximum atomic E-state index is 8.83. The normalized spacial score (nSPS) is 32.4. The molecule has 4 heteroatoms. The largest absolute Gasteiger partial charge is 0.400 e. The highest BCUT2D eigenvalue weighted by atomic mass is 16.3. The summed E-state index contributed by atoms with van der Waals surface area (Å²) in [5.74, 6) is -0.454. The zero-order valence-corrected chi connectivity index (χ0v) is 7.27. The van der Waals surface area contributed by atoms with Crippen molar-refractivity contribution >= 4 is 0 Å². The van der Waals surface area contributed by atoms with E-state index in [1.54, 1.807) is 18.2 Å². The lowest BCUT2D eigenvalue weighted by Crippen LogP contribution is -2.52. The summed E-state index contributed by atoms with van der Waals surface area (Å²) in [5.41, 5.74) is 11.2. The number of hydrogen-bond acceptors (Lipinski definition) is 4. The van der Waals surface area contributed by atoms with Gasteiger partial charge in [-0.1, -0.05) is 12.2 Å². The molecule has 0 amide bonds. The van der Waals surface area contributed by atoms with Gasteiger partial charge in [0.05, 0.1) is 17.5 Å². The Morgan fingerprint density at radius 3 is 2.92 bits per heavy atom. The Hall–Kier alpha value is -1.31. The fourth-order valence-corrected chi connectivity index (χ4v) is 1.42. The van der Waals surface area contributed by atoms with Crippen LogP contribution in [0.2, 0.25) is 0 Å². The zero-order valence-electron chi connectivity index (χ0n) is 7.27. The molecule has 5 N–H and O–H groups in total. The van der Waals surface area contributed by atoms with Crippen LogP contribution in [-0.4, -0.2) is 17.3 Å². The Morgan fingerprint density at radius 2 is 2.38 bits per heavy atom. The summed E-state index contributed by atoms with van der Waals surface area (Å²) in [4.78, 5) is 0. The van der Waals surface area contributed by atoms with Gasteiger partial charge in [0.25, 0.3) is 0 Å². The van der Waals surface area contributed by atoms with Crippen LogP contribution in [-0.2, 0) is 0 Å². The summed E-state index contributed by atoms with van der Waals surface area (Å²) < 4.78 is 0. The summed E-state index contributed by atoms with van der Waals surface area (Å²) >= 11 is 0. The zero-order chi connectivity index (χ0) is 9.90. The van der Waals surface area contributed by atoms with E-state index >= 15 is 0 Å². The lowest BCUT2D eigenvalue weighted by molar-refractivity contribution is 0.239. The number of hydrogen-bond donors (Lipinski definition) is 3. The van der Waals surface area contributed by atoms with Gasteiger partial charge in [0.15, 0.2) is 0 Å². The van der Waals surface area contributed by atoms with Crippen molar-refractivity contribution in [2.45, 2.75) is 12.0 Å². The SMILES string of the molecule is N#CC1C=CC=C(N)C1(N)CCO. The Labute approximate surface area is 77.1 Å². The topological polar surface area (TPSA) is 96.1 Å². The highest BCUT2D eigenvalue weighted by Crippen LogP contribution is 2.28. The molecule has 0 aliphatic heterocycles. The van der Waals surface area contributed by atoms with E-state index in [1.165, 1.54) is 0 Å². The van der Waals surface area contributed by atoms with E-state index in [0.29, 0.717) is 12.1 Å². The molecule has 0 saturated carbocycles. The first kappa shape index (κ1) is 9.78. The Bertz CT molecular complexity index is 290. The molecule has 13 heavy (non-hydrogen) atoms. The van der Waals surface area contributed by atoms with Gasteiger partial charge in [0.2, 0.25) is 0 Å². The predicted molar refractivity (Wildman–Crippen MR) is 49.1 cm³/mol. The minimum atomic E-state index is -0.905. The molecule has 1 rings (SSSR count). The predicted octanol–water partition coefficient (Wildman–Crippen LogP) is -0.382. The molecule has 0 radical (unpaired) electrons. The number of nitrogens with two attached hydrogens (primary N) is 2. The summed E-state index contributed by atoms with van der Waals surface area (Å²) in [7, 11) is 0. The van der Waals surface area contributed by atoms with Crippen molar-refractivity contribution < 1.29 is 5.11 Å². The van der Waals surface area contributed by atoms with Gasteiger partial charge < -0.3 is 16.6 Å². The molecular weight excluding hydrogens is 166 g/mol. The lowest BCUT2D eigenvalue weighted by atomic mass is 9.77. The molecule has 0 fully saturated rings. The van der Waals surface area contributed by atoms with E-state index in [-0.39, 0.29) is 6.61 Å². The quantitative estimate of drug-likeness (QED) is 0.538. The maximum absolute atomic E-state index is 8.83. The summed E-state index contributed by atoms with van der Waals surface area (Å²) in [6, 6.07) is 2.07. The van der Waals surface area contributed by atoms with E-state index in [4.69, 9.17) is 21.8 Å². The minimum absolute atomic E-state index is 0.0724. The van der Waals surface area contributed by atoms with Crippen LogP contribution in [0.3, 0.4) is 0 Å². The smallest absolute Gasteiger partial charge is 0.0883 e. The average Bonchev–Trinajstić information content (AvgIpc) is 2.10.